The van der Waals surface area contributed by atoms with Crippen molar-refractivity contribution in [1.29, 1.82) is 0 Å². The van der Waals surface area contributed by atoms with Crippen LogP contribution in [0.15, 0.2) is 53.4 Å². The van der Waals surface area contributed by atoms with Crippen LogP contribution < -0.4 is 19.5 Å². The molecule has 0 aliphatic carbocycles. The van der Waals surface area contributed by atoms with Crippen LogP contribution in [0.5, 0.6) is 11.5 Å². The minimum absolute atomic E-state index is 0.00932. The monoisotopic (exact) mass is 392 g/mol. The average molecular weight is 392 g/mol. The molecule has 0 atom stereocenters. The smallest absolute Gasteiger partial charge is 0.328 e. The summed E-state index contributed by atoms with van der Waals surface area (Å²) in [7, 11) is -2.39. The van der Waals surface area contributed by atoms with Crippen LogP contribution in [-0.2, 0) is 16.6 Å². The van der Waals surface area contributed by atoms with Gasteiger partial charge >= 0.3 is 6.03 Å². The van der Waals surface area contributed by atoms with Crippen LogP contribution in [0.25, 0.3) is 0 Å². The third-order valence-electron chi connectivity index (χ3n) is 3.74. The van der Waals surface area contributed by atoms with E-state index in [0.717, 1.165) is 18.4 Å². The Hall–Kier alpha value is -2.74. The van der Waals surface area contributed by atoms with E-state index in [1.807, 2.05) is 4.72 Å². The molecule has 0 radical (unpaired) electrons. The number of rotatable bonds is 9. The van der Waals surface area contributed by atoms with Gasteiger partial charge in [-0.1, -0.05) is 25.5 Å². The number of hydrogen-bond donors (Lipinski definition) is 2. The van der Waals surface area contributed by atoms with Gasteiger partial charge in [0.1, 0.15) is 11.5 Å². The highest BCUT2D eigenvalue weighted by molar-refractivity contribution is 7.90. The van der Waals surface area contributed by atoms with E-state index in [9.17, 15) is 13.2 Å². The van der Waals surface area contributed by atoms with Crippen molar-refractivity contribution in [1.82, 2.24) is 10.0 Å². The molecule has 0 saturated carbocycles. The van der Waals surface area contributed by atoms with Crippen molar-refractivity contribution in [3.63, 3.8) is 0 Å². The van der Waals surface area contributed by atoms with Crippen LogP contribution in [0.2, 0.25) is 0 Å². The maximum atomic E-state index is 12.3. The number of unbranched alkanes of at least 4 members (excludes halogenated alkanes) is 1. The first-order valence-corrected chi connectivity index (χ1v) is 10.1. The van der Waals surface area contributed by atoms with Crippen LogP contribution in [0.3, 0.4) is 0 Å². The summed E-state index contributed by atoms with van der Waals surface area (Å²) in [6, 6.07) is 12.2. The first-order valence-electron chi connectivity index (χ1n) is 8.61. The average Bonchev–Trinajstić information content (AvgIpc) is 2.67. The number of methoxy groups -OCH3 is 1. The second-order valence-corrected chi connectivity index (χ2v) is 7.49. The molecule has 0 unspecified atom stereocenters. The molecule has 2 rings (SSSR count). The van der Waals surface area contributed by atoms with Gasteiger partial charge in [0.25, 0.3) is 10.0 Å². The molecule has 0 aromatic heterocycles. The summed E-state index contributed by atoms with van der Waals surface area (Å²) >= 11 is 0. The van der Waals surface area contributed by atoms with E-state index >= 15 is 0 Å². The lowest BCUT2D eigenvalue weighted by molar-refractivity contribution is 0.245. The second-order valence-electron chi connectivity index (χ2n) is 5.81. The highest BCUT2D eigenvalue weighted by Crippen LogP contribution is 2.16. The molecule has 0 spiro atoms. The lowest BCUT2D eigenvalue weighted by Gasteiger charge is -2.10. The zero-order valence-corrected chi connectivity index (χ0v) is 16.2. The summed E-state index contributed by atoms with van der Waals surface area (Å²) in [6.45, 7) is 2.83. The Morgan fingerprint density at radius 2 is 1.63 bits per heavy atom. The lowest BCUT2D eigenvalue weighted by atomic mass is 10.2. The minimum atomic E-state index is -3.95. The second kappa shape index (κ2) is 9.82. The summed E-state index contributed by atoms with van der Waals surface area (Å²) in [6.07, 6.45) is 1.94. The molecule has 0 bridgehead atoms. The Morgan fingerprint density at radius 1 is 1.00 bits per heavy atom. The zero-order chi connectivity index (χ0) is 19.7. The molecule has 0 fully saturated rings. The molecule has 8 heteroatoms. The van der Waals surface area contributed by atoms with E-state index in [1.54, 1.807) is 43.5 Å². The molecule has 0 aliphatic heterocycles. The van der Waals surface area contributed by atoms with Gasteiger partial charge in [0, 0.05) is 6.54 Å². The largest absolute Gasteiger partial charge is 0.497 e. The molecule has 2 aromatic carbocycles. The predicted molar refractivity (Wildman–Crippen MR) is 102 cm³/mol. The number of nitrogens with one attached hydrogen (secondary N) is 2. The van der Waals surface area contributed by atoms with E-state index in [0.29, 0.717) is 18.1 Å². The highest BCUT2D eigenvalue weighted by Gasteiger charge is 2.17. The van der Waals surface area contributed by atoms with Crippen LogP contribution in [0.4, 0.5) is 4.79 Å². The maximum Gasteiger partial charge on any atom is 0.328 e. The third-order valence-corrected chi connectivity index (χ3v) is 5.09. The van der Waals surface area contributed by atoms with Gasteiger partial charge in [-0.25, -0.2) is 17.9 Å². The molecule has 0 aliphatic rings. The predicted octanol–water partition coefficient (Wildman–Crippen LogP) is 3.06. The standard InChI is InChI=1S/C19H24N2O5S/c1-3-4-13-26-17-9-11-18(12-10-17)27(23,24)21-19(22)20-14-15-5-7-16(25-2)8-6-15/h5-12H,3-4,13-14H2,1-2H3,(H2,20,21,22). The molecule has 146 valence electrons. The quantitative estimate of drug-likeness (QED) is 0.640. The van der Waals surface area contributed by atoms with Crippen LogP contribution in [0.1, 0.15) is 25.3 Å². The minimum Gasteiger partial charge on any atom is -0.497 e. The summed E-state index contributed by atoms with van der Waals surface area (Å²) in [4.78, 5) is 11.9. The van der Waals surface area contributed by atoms with Crippen molar-refractivity contribution >= 4 is 16.1 Å². The molecule has 0 saturated heterocycles. The molecule has 0 heterocycles. The van der Waals surface area contributed by atoms with Crippen molar-refractivity contribution in [3.05, 3.63) is 54.1 Å². The molecule has 2 amide bonds. The van der Waals surface area contributed by atoms with Gasteiger partial charge in [0.2, 0.25) is 0 Å². The van der Waals surface area contributed by atoms with E-state index in [4.69, 9.17) is 9.47 Å². The SMILES string of the molecule is CCCCOc1ccc(S(=O)(=O)NC(=O)NCc2ccc(OC)cc2)cc1. The number of amides is 2. The highest BCUT2D eigenvalue weighted by atomic mass is 32.2. The number of ether oxygens (including phenoxy) is 2. The van der Waals surface area contributed by atoms with Crippen molar-refractivity contribution in [3.8, 4) is 11.5 Å². The number of hydrogen-bond acceptors (Lipinski definition) is 5. The van der Waals surface area contributed by atoms with Gasteiger partial charge in [-0.2, -0.15) is 0 Å². The van der Waals surface area contributed by atoms with Gasteiger partial charge in [-0.05, 0) is 48.4 Å². The Kier molecular flexibility index (Phi) is 7.48. The Balaban J connectivity index is 1.89. The van der Waals surface area contributed by atoms with Crippen molar-refractivity contribution in [2.45, 2.75) is 31.2 Å². The third kappa shape index (κ3) is 6.49. The summed E-state index contributed by atoms with van der Waals surface area (Å²) < 4.78 is 37.1. The summed E-state index contributed by atoms with van der Waals surface area (Å²) in [5.41, 5.74) is 0.817. The first-order chi connectivity index (χ1) is 12.9. The Morgan fingerprint density at radius 3 is 2.22 bits per heavy atom. The lowest BCUT2D eigenvalue weighted by Crippen LogP contribution is -2.39. The zero-order valence-electron chi connectivity index (χ0n) is 15.4. The molecule has 2 aromatic rings. The number of urea groups is 1. The normalized spacial score (nSPS) is 10.9. The van der Waals surface area contributed by atoms with Gasteiger partial charge in [-0.3, -0.25) is 0 Å². The number of carbonyl (C=O) groups is 1. The van der Waals surface area contributed by atoms with E-state index in [-0.39, 0.29) is 11.4 Å². The number of benzene rings is 2. The summed E-state index contributed by atoms with van der Waals surface area (Å²) in [5, 5.41) is 2.51. The van der Waals surface area contributed by atoms with Gasteiger partial charge in [-0.15, -0.1) is 0 Å². The molecular formula is C19H24N2O5S. The van der Waals surface area contributed by atoms with Crippen LogP contribution in [0, 0.1) is 0 Å². The fourth-order valence-corrected chi connectivity index (χ4v) is 3.12. The molecule has 27 heavy (non-hydrogen) atoms. The van der Waals surface area contributed by atoms with Gasteiger partial charge in [0.05, 0.1) is 18.6 Å². The molecule has 7 nitrogen and oxygen atoms in total. The van der Waals surface area contributed by atoms with E-state index in [2.05, 4.69) is 12.2 Å². The fraction of sp³-hybridized carbons (Fsp3) is 0.316. The molecular weight excluding hydrogens is 368 g/mol. The topological polar surface area (TPSA) is 93.7 Å². The number of sulfonamides is 1. The van der Waals surface area contributed by atoms with E-state index in [1.165, 1.54) is 12.1 Å². The van der Waals surface area contributed by atoms with Crippen LogP contribution in [-0.4, -0.2) is 28.2 Å². The molecule has 2 N–H and O–H groups in total. The Labute approximate surface area is 159 Å². The summed E-state index contributed by atoms with van der Waals surface area (Å²) in [5.74, 6) is 1.29. The van der Waals surface area contributed by atoms with Gasteiger partial charge in [0.15, 0.2) is 0 Å². The van der Waals surface area contributed by atoms with Crippen molar-refractivity contribution < 1.29 is 22.7 Å². The fourth-order valence-electron chi connectivity index (χ4n) is 2.19. The van der Waals surface area contributed by atoms with Crippen molar-refractivity contribution in [2.75, 3.05) is 13.7 Å². The van der Waals surface area contributed by atoms with Crippen molar-refractivity contribution in [2.24, 2.45) is 0 Å². The number of carbonyl (C=O) groups excluding carboxylic acids is 1. The van der Waals surface area contributed by atoms with Crippen LogP contribution >= 0.6 is 0 Å². The Bertz CT molecular complexity index is 833. The van der Waals surface area contributed by atoms with E-state index < -0.39 is 16.1 Å². The van der Waals surface area contributed by atoms with Gasteiger partial charge < -0.3 is 14.8 Å². The first kappa shape index (κ1) is 20.6. The maximum absolute atomic E-state index is 12.3.